The lowest BCUT2D eigenvalue weighted by Gasteiger charge is -2.65. The van der Waals surface area contributed by atoms with Gasteiger partial charge in [-0.05, 0) is 85.9 Å². The van der Waals surface area contributed by atoms with Crippen LogP contribution in [0, 0.1) is 39.9 Å². The Kier molecular flexibility index (Phi) is 3.69. The summed E-state index contributed by atoms with van der Waals surface area (Å²) in [6, 6.07) is 0. The van der Waals surface area contributed by atoms with Gasteiger partial charge < -0.3 is 15.3 Å². The Balaban J connectivity index is 1.70. The van der Waals surface area contributed by atoms with Crippen molar-refractivity contribution < 1.29 is 15.3 Å². The highest BCUT2D eigenvalue weighted by Gasteiger charge is 2.65. The van der Waals surface area contributed by atoms with Crippen LogP contribution in [-0.2, 0) is 0 Å². The van der Waals surface area contributed by atoms with E-state index in [1.54, 1.807) is 0 Å². The van der Waals surface area contributed by atoms with Gasteiger partial charge in [0.2, 0.25) is 0 Å². The van der Waals surface area contributed by atoms with Crippen molar-refractivity contribution in [3.05, 3.63) is 0 Å². The summed E-state index contributed by atoms with van der Waals surface area (Å²) in [7, 11) is 0. The standard InChI is InChI=1S/C20H34O3/c1-18-7-6-17(23)19(2,12-22)15(18)5-8-20-9-13(3-4-16(18)20)14(10-20)11-21/h13-17,21-23H,3-12H2,1-2H3. The van der Waals surface area contributed by atoms with Crippen molar-refractivity contribution in [1.29, 1.82) is 0 Å². The lowest BCUT2D eigenvalue weighted by atomic mass is 9.40. The summed E-state index contributed by atoms with van der Waals surface area (Å²) in [6.45, 7) is 5.06. The molecule has 2 bridgehead atoms. The maximum absolute atomic E-state index is 10.6. The number of hydrogen-bond donors (Lipinski definition) is 3. The van der Waals surface area contributed by atoms with E-state index in [-0.39, 0.29) is 23.5 Å². The summed E-state index contributed by atoms with van der Waals surface area (Å²) < 4.78 is 0. The third-order valence-electron chi connectivity index (χ3n) is 9.18. The molecule has 1 spiro atoms. The maximum atomic E-state index is 10.6. The van der Waals surface area contributed by atoms with Gasteiger partial charge >= 0.3 is 0 Å². The topological polar surface area (TPSA) is 60.7 Å². The summed E-state index contributed by atoms with van der Waals surface area (Å²) in [5, 5.41) is 30.5. The summed E-state index contributed by atoms with van der Waals surface area (Å²) in [6.07, 6.45) is 9.09. The minimum Gasteiger partial charge on any atom is -0.396 e. The highest BCUT2D eigenvalue weighted by Crippen LogP contribution is 2.72. The molecule has 0 saturated heterocycles. The molecule has 4 saturated carbocycles. The predicted molar refractivity (Wildman–Crippen MR) is 89.7 cm³/mol. The van der Waals surface area contributed by atoms with Crippen molar-refractivity contribution in [2.45, 2.75) is 71.3 Å². The van der Waals surface area contributed by atoms with Gasteiger partial charge in [0.1, 0.15) is 0 Å². The molecule has 0 aromatic heterocycles. The van der Waals surface area contributed by atoms with Crippen LogP contribution in [0.3, 0.4) is 0 Å². The average Bonchev–Trinajstić information content (AvgIpc) is 2.81. The zero-order valence-electron chi connectivity index (χ0n) is 14.8. The average molecular weight is 322 g/mol. The summed E-state index contributed by atoms with van der Waals surface area (Å²) in [4.78, 5) is 0. The van der Waals surface area contributed by atoms with Crippen LogP contribution in [0.1, 0.15) is 65.2 Å². The second-order valence-electron chi connectivity index (χ2n) is 9.92. The molecule has 0 heterocycles. The molecule has 4 rings (SSSR count). The third kappa shape index (κ3) is 1.99. The first-order valence-corrected chi connectivity index (χ1v) is 9.79. The van der Waals surface area contributed by atoms with Crippen LogP contribution in [0.5, 0.6) is 0 Å². The number of aliphatic hydroxyl groups is 3. The van der Waals surface area contributed by atoms with Gasteiger partial charge in [0.15, 0.2) is 0 Å². The molecule has 3 N–H and O–H groups in total. The largest absolute Gasteiger partial charge is 0.396 e. The minimum absolute atomic E-state index is 0.107. The third-order valence-corrected chi connectivity index (χ3v) is 9.18. The second-order valence-corrected chi connectivity index (χ2v) is 9.92. The highest BCUT2D eigenvalue weighted by atomic mass is 16.3. The normalized spacial score (nSPS) is 58.6. The van der Waals surface area contributed by atoms with Gasteiger partial charge in [-0.3, -0.25) is 0 Å². The van der Waals surface area contributed by atoms with Crippen molar-refractivity contribution in [3.63, 3.8) is 0 Å². The van der Waals surface area contributed by atoms with Gasteiger partial charge in [-0.15, -0.1) is 0 Å². The lowest BCUT2D eigenvalue weighted by Crippen LogP contribution is -2.61. The number of fused-ring (bicyclic) bond motifs is 3. The van der Waals surface area contributed by atoms with Crippen molar-refractivity contribution in [2.75, 3.05) is 13.2 Å². The van der Waals surface area contributed by atoms with E-state index in [9.17, 15) is 15.3 Å². The number of hydrogen-bond acceptors (Lipinski definition) is 3. The molecule has 4 fully saturated rings. The molecule has 0 amide bonds. The smallest absolute Gasteiger partial charge is 0.0618 e. The zero-order valence-corrected chi connectivity index (χ0v) is 14.8. The van der Waals surface area contributed by atoms with Crippen molar-refractivity contribution >= 4 is 0 Å². The van der Waals surface area contributed by atoms with E-state index >= 15 is 0 Å². The Morgan fingerprint density at radius 2 is 1.70 bits per heavy atom. The first kappa shape index (κ1) is 16.4. The SMILES string of the molecule is CC1(CO)C(O)CCC2(C)C3CCC4CC3(CCC12)CC4CO. The molecular formula is C20H34O3. The van der Waals surface area contributed by atoms with Gasteiger partial charge in [0.25, 0.3) is 0 Å². The lowest BCUT2D eigenvalue weighted by molar-refractivity contribution is -0.197. The molecule has 8 unspecified atom stereocenters. The fourth-order valence-electron chi connectivity index (χ4n) is 8.05. The predicted octanol–water partition coefficient (Wildman–Crippen LogP) is 2.97. The Hall–Kier alpha value is -0.120. The number of aliphatic hydroxyl groups excluding tert-OH is 3. The monoisotopic (exact) mass is 322 g/mol. The van der Waals surface area contributed by atoms with Gasteiger partial charge in [-0.1, -0.05) is 13.8 Å². The summed E-state index contributed by atoms with van der Waals surface area (Å²) >= 11 is 0. The van der Waals surface area contributed by atoms with Crippen LogP contribution in [0.15, 0.2) is 0 Å². The van der Waals surface area contributed by atoms with E-state index < -0.39 is 0 Å². The Bertz CT molecular complexity index is 480. The van der Waals surface area contributed by atoms with Crippen molar-refractivity contribution in [1.82, 2.24) is 0 Å². The van der Waals surface area contributed by atoms with Crippen LogP contribution in [-0.4, -0.2) is 34.6 Å². The van der Waals surface area contributed by atoms with Crippen LogP contribution in [0.2, 0.25) is 0 Å². The quantitative estimate of drug-likeness (QED) is 0.732. The first-order valence-electron chi connectivity index (χ1n) is 9.79. The van der Waals surface area contributed by atoms with E-state index in [4.69, 9.17) is 0 Å². The molecule has 8 atom stereocenters. The molecule has 0 aromatic rings. The molecule has 132 valence electrons. The van der Waals surface area contributed by atoms with Gasteiger partial charge in [-0.25, -0.2) is 0 Å². The minimum atomic E-state index is -0.357. The summed E-state index contributed by atoms with van der Waals surface area (Å²) in [5.41, 5.74) is 0.366. The Labute approximate surface area is 140 Å². The number of rotatable bonds is 2. The van der Waals surface area contributed by atoms with Gasteiger partial charge in [-0.2, -0.15) is 0 Å². The fraction of sp³-hybridized carbons (Fsp3) is 1.00. The van der Waals surface area contributed by atoms with Crippen LogP contribution in [0.4, 0.5) is 0 Å². The van der Waals surface area contributed by atoms with Gasteiger partial charge in [0.05, 0.1) is 12.7 Å². The molecule has 23 heavy (non-hydrogen) atoms. The molecular weight excluding hydrogens is 288 g/mol. The summed E-state index contributed by atoms with van der Waals surface area (Å²) in [5.74, 6) is 2.43. The van der Waals surface area contributed by atoms with E-state index in [0.717, 1.165) is 31.1 Å². The fourth-order valence-corrected chi connectivity index (χ4v) is 8.05. The van der Waals surface area contributed by atoms with Crippen molar-refractivity contribution in [3.8, 4) is 0 Å². The van der Waals surface area contributed by atoms with Gasteiger partial charge in [0, 0.05) is 12.0 Å². The Morgan fingerprint density at radius 1 is 0.913 bits per heavy atom. The van der Waals surface area contributed by atoms with Crippen LogP contribution < -0.4 is 0 Å². The second kappa shape index (κ2) is 5.19. The highest BCUT2D eigenvalue weighted by molar-refractivity contribution is 5.14. The van der Waals surface area contributed by atoms with Crippen LogP contribution >= 0.6 is 0 Å². The van der Waals surface area contributed by atoms with E-state index in [1.165, 1.54) is 32.1 Å². The molecule has 0 aliphatic heterocycles. The van der Waals surface area contributed by atoms with E-state index in [1.807, 2.05) is 0 Å². The van der Waals surface area contributed by atoms with Crippen molar-refractivity contribution in [2.24, 2.45) is 39.9 Å². The molecule has 0 aromatic carbocycles. The molecule has 3 nitrogen and oxygen atoms in total. The molecule has 4 aliphatic rings. The molecule has 3 heteroatoms. The maximum Gasteiger partial charge on any atom is 0.0618 e. The molecule has 0 radical (unpaired) electrons. The van der Waals surface area contributed by atoms with E-state index in [0.29, 0.717) is 23.9 Å². The van der Waals surface area contributed by atoms with E-state index in [2.05, 4.69) is 13.8 Å². The first-order chi connectivity index (χ1) is 10.9. The van der Waals surface area contributed by atoms with Crippen LogP contribution in [0.25, 0.3) is 0 Å². The Morgan fingerprint density at radius 3 is 2.39 bits per heavy atom. The molecule has 4 aliphatic carbocycles. The zero-order chi connectivity index (χ0) is 16.5.